The molecule has 0 unspecified atom stereocenters. The van der Waals surface area contributed by atoms with E-state index in [4.69, 9.17) is 4.98 Å². The minimum Gasteiger partial charge on any atom is -0.283 e. The monoisotopic (exact) mass is 469 g/mol. The molecule has 0 saturated carbocycles. The Morgan fingerprint density at radius 1 is 0.806 bits per heavy atom. The van der Waals surface area contributed by atoms with E-state index in [1.165, 1.54) is 5.56 Å². The summed E-state index contributed by atoms with van der Waals surface area (Å²) in [5, 5.41) is 0. The van der Waals surface area contributed by atoms with Crippen molar-refractivity contribution < 1.29 is 0 Å². The molecular weight excluding hydrogens is 438 g/mol. The number of fused-ring (bicyclic) bond motifs is 1. The van der Waals surface area contributed by atoms with E-state index in [0.717, 1.165) is 44.7 Å². The molecule has 0 bridgehead atoms. The molecule has 3 heteroatoms. The summed E-state index contributed by atoms with van der Waals surface area (Å²) in [6.45, 7) is 9.88. The lowest BCUT2D eigenvalue weighted by Gasteiger charge is -2.12. The fourth-order valence-electron chi connectivity index (χ4n) is 4.21. The SMILES string of the molecule is C=C/C=C\C(=C/C)c1cc(-c2ccccc2)cc(-c2ccnc3c2ncn3-c2ccccc2)c1.CC. The van der Waals surface area contributed by atoms with Crippen molar-refractivity contribution in [2.24, 2.45) is 0 Å². The van der Waals surface area contributed by atoms with Gasteiger partial charge in [0.2, 0.25) is 0 Å². The van der Waals surface area contributed by atoms with Crippen LogP contribution in [0, 0.1) is 0 Å². The van der Waals surface area contributed by atoms with Gasteiger partial charge in [-0.15, -0.1) is 0 Å². The van der Waals surface area contributed by atoms with Gasteiger partial charge < -0.3 is 0 Å². The standard InChI is InChI=1S/C31H25N3.C2H6/c1-3-5-12-23(4-2)25-19-26(24-13-8-6-9-14-24)21-27(20-25)29-17-18-32-31-30(29)33-22-34(31)28-15-10-7-11-16-28;1-2/h3-22H,1H2,2H3;1-2H3/b12-5-,23-4+;. The Kier molecular flexibility index (Phi) is 8.05. The molecular formula is C33H31N3. The molecule has 36 heavy (non-hydrogen) atoms. The Labute approximate surface area is 213 Å². The Balaban J connectivity index is 0.00000148. The van der Waals surface area contributed by atoms with Gasteiger partial charge >= 0.3 is 0 Å². The second-order valence-electron chi connectivity index (χ2n) is 7.98. The lowest BCUT2D eigenvalue weighted by atomic mass is 9.93. The average molecular weight is 470 g/mol. The molecule has 0 aliphatic carbocycles. The van der Waals surface area contributed by atoms with Crippen LogP contribution in [0.4, 0.5) is 0 Å². The number of benzene rings is 3. The van der Waals surface area contributed by atoms with E-state index in [9.17, 15) is 0 Å². The molecule has 0 aliphatic heterocycles. The molecule has 0 atom stereocenters. The molecule has 2 aromatic heterocycles. The number of hydrogen-bond donors (Lipinski definition) is 0. The molecule has 3 nitrogen and oxygen atoms in total. The molecule has 3 aromatic carbocycles. The molecule has 5 rings (SSSR count). The number of imidazole rings is 1. The van der Waals surface area contributed by atoms with Crippen LogP contribution in [0.1, 0.15) is 26.3 Å². The fraction of sp³-hybridized carbons (Fsp3) is 0.0909. The summed E-state index contributed by atoms with van der Waals surface area (Å²) < 4.78 is 2.03. The smallest absolute Gasteiger partial charge is 0.165 e. The summed E-state index contributed by atoms with van der Waals surface area (Å²) in [5.74, 6) is 0. The van der Waals surface area contributed by atoms with Crippen LogP contribution in [0.5, 0.6) is 0 Å². The second kappa shape index (κ2) is 11.8. The zero-order valence-corrected chi connectivity index (χ0v) is 21.1. The van der Waals surface area contributed by atoms with Gasteiger partial charge in [0.05, 0.1) is 0 Å². The van der Waals surface area contributed by atoms with E-state index < -0.39 is 0 Å². The quantitative estimate of drug-likeness (QED) is 0.232. The van der Waals surface area contributed by atoms with Crippen molar-refractivity contribution >= 4 is 16.7 Å². The van der Waals surface area contributed by atoms with Crippen molar-refractivity contribution in [3.63, 3.8) is 0 Å². The predicted octanol–water partition coefficient (Wildman–Crippen LogP) is 8.93. The highest BCUT2D eigenvalue weighted by atomic mass is 15.1. The van der Waals surface area contributed by atoms with Crippen LogP contribution in [-0.2, 0) is 0 Å². The summed E-state index contributed by atoms with van der Waals surface area (Å²) in [4.78, 5) is 9.44. The van der Waals surface area contributed by atoms with Gasteiger partial charge in [-0.25, -0.2) is 9.97 Å². The number of aromatic nitrogens is 3. The third-order valence-electron chi connectivity index (χ3n) is 5.88. The summed E-state index contributed by atoms with van der Waals surface area (Å²) in [5.41, 5.74) is 9.54. The van der Waals surface area contributed by atoms with Gasteiger partial charge in [-0.3, -0.25) is 4.57 Å². The van der Waals surface area contributed by atoms with Gasteiger partial charge in [-0.1, -0.05) is 93.3 Å². The Morgan fingerprint density at radius 3 is 2.19 bits per heavy atom. The van der Waals surface area contributed by atoms with Gasteiger partial charge in [-0.2, -0.15) is 0 Å². The fourth-order valence-corrected chi connectivity index (χ4v) is 4.21. The Morgan fingerprint density at radius 2 is 1.50 bits per heavy atom. The predicted molar refractivity (Wildman–Crippen MR) is 154 cm³/mol. The topological polar surface area (TPSA) is 30.7 Å². The lowest BCUT2D eigenvalue weighted by molar-refractivity contribution is 1.07. The number of pyridine rings is 1. The van der Waals surface area contributed by atoms with Crippen molar-refractivity contribution in [3.8, 4) is 27.9 Å². The third-order valence-corrected chi connectivity index (χ3v) is 5.88. The van der Waals surface area contributed by atoms with Crippen molar-refractivity contribution in [2.45, 2.75) is 20.8 Å². The third kappa shape index (κ3) is 5.11. The van der Waals surface area contributed by atoms with Crippen LogP contribution >= 0.6 is 0 Å². The van der Waals surface area contributed by atoms with E-state index in [-0.39, 0.29) is 0 Å². The first-order valence-corrected chi connectivity index (χ1v) is 12.3. The Bertz CT molecular complexity index is 1510. The second-order valence-corrected chi connectivity index (χ2v) is 7.98. The van der Waals surface area contributed by atoms with E-state index in [2.05, 4.69) is 85.2 Å². The molecule has 5 aromatic rings. The maximum Gasteiger partial charge on any atom is 0.165 e. The largest absolute Gasteiger partial charge is 0.283 e. The van der Waals surface area contributed by atoms with E-state index in [1.54, 1.807) is 6.08 Å². The normalized spacial score (nSPS) is 11.4. The molecule has 0 spiro atoms. The molecule has 0 N–H and O–H groups in total. The number of rotatable bonds is 6. The first kappa shape index (κ1) is 24.6. The van der Waals surface area contributed by atoms with Gasteiger partial charge in [0, 0.05) is 17.4 Å². The van der Waals surface area contributed by atoms with Gasteiger partial charge in [0.25, 0.3) is 0 Å². The Hall–Kier alpha value is -4.50. The summed E-state index contributed by atoms with van der Waals surface area (Å²) in [7, 11) is 0. The van der Waals surface area contributed by atoms with E-state index >= 15 is 0 Å². The van der Waals surface area contributed by atoms with Crippen LogP contribution in [0.3, 0.4) is 0 Å². The van der Waals surface area contributed by atoms with Crippen molar-refractivity contribution in [1.82, 2.24) is 14.5 Å². The first-order valence-electron chi connectivity index (χ1n) is 12.3. The average Bonchev–Trinajstić information content (AvgIpc) is 3.40. The maximum absolute atomic E-state index is 4.78. The van der Waals surface area contributed by atoms with E-state index in [1.807, 2.05) is 67.3 Å². The summed E-state index contributed by atoms with van der Waals surface area (Å²) in [6.07, 6.45) is 11.7. The first-order chi connectivity index (χ1) is 17.8. The van der Waals surface area contributed by atoms with Crippen molar-refractivity contribution in [3.05, 3.63) is 134 Å². The molecule has 0 aliphatic rings. The summed E-state index contributed by atoms with van der Waals surface area (Å²) in [6, 6.07) is 29.4. The molecule has 0 saturated heterocycles. The zero-order chi connectivity index (χ0) is 25.3. The minimum atomic E-state index is 0.841. The van der Waals surface area contributed by atoms with Crippen LogP contribution < -0.4 is 0 Å². The highest BCUT2D eigenvalue weighted by Crippen LogP contribution is 2.34. The van der Waals surface area contributed by atoms with Gasteiger partial charge in [0.15, 0.2) is 5.65 Å². The molecule has 178 valence electrons. The number of nitrogens with zero attached hydrogens (tertiary/aromatic N) is 3. The van der Waals surface area contributed by atoms with Crippen LogP contribution in [-0.4, -0.2) is 14.5 Å². The van der Waals surface area contributed by atoms with Gasteiger partial charge in [0.1, 0.15) is 11.8 Å². The highest BCUT2D eigenvalue weighted by molar-refractivity contribution is 5.93. The molecule has 2 heterocycles. The number of para-hydroxylation sites is 1. The lowest BCUT2D eigenvalue weighted by Crippen LogP contribution is -1.94. The van der Waals surface area contributed by atoms with Crippen LogP contribution in [0.2, 0.25) is 0 Å². The summed E-state index contributed by atoms with van der Waals surface area (Å²) >= 11 is 0. The minimum absolute atomic E-state index is 0.841. The van der Waals surface area contributed by atoms with Gasteiger partial charge in [-0.05, 0) is 71.1 Å². The van der Waals surface area contributed by atoms with Crippen LogP contribution in [0.25, 0.3) is 44.7 Å². The molecule has 0 amide bonds. The van der Waals surface area contributed by atoms with Crippen molar-refractivity contribution in [1.29, 1.82) is 0 Å². The van der Waals surface area contributed by atoms with Crippen molar-refractivity contribution in [2.75, 3.05) is 0 Å². The highest BCUT2D eigenvalue weighted by Gasteiger charge is 2.14. The molecule has 0 radical (unpaired) electrons. The van der Waals surface area contributed by atoms with Crippen LogP contribution in [0.15, 0.2) is 128 Å². The number of hydrogen-bond acceptors (Lipinski definition) is 2. The maximum atomic E-state index is 4.78. The molecule has 0 fully saturated rings. The zero-order valence-electron chi connectivity index (χ0n) is 21.1. The van der Waals surface area contributed by atoms with E-state index in [0.29, 0.717) is 0 Å². The number of allylic oxidation sites excluding steroid dienone is 5.